The van der Waals surface area contributed by atoms with Crippen LogP contribution in [0, 0.1) is 5.92 Å². The number of nitrogens with zero attached hydrogens (tertiary/aromatic N) is 1. The molecule has 0 aromatic rings. The molecule has 0 saturated carbocycles. The molecule has 1 N–H and O–H groups in total. The number of aliphatic hydroxyl groups excluding tert-OH is 1. The van der Waals surface area contributed by atoms with Crippen molar-refractivity contribution < 1.29 is 14.6 Å². The van der Waals surface area contributed by atoms with E-state index < -0.39 is 0 Å². The molecule has 2 aliphatic heterocycles. The smallest absolute Gasteiger partial charge is 0.0702 e. The third kappa shape index (κ3) is 3.91. The van der Waals surface area contributed by atoms with Gasteiger partial charge >= 0.3 is 0 Å². The molecule has 4 nitrogen and oxygen atoms in total. The number of hydrogen-bond donors (Lipinski definition) is 1. The monoisotopic (exact) mass is 243 g/mol. The van der Waals surface area contributed by atoms with Crippen LogP contribution in [0.3, 0.4) is 0 Å². The molecule has 17 heavy (non-hydrogen) atoms. The molecule has 3 unspecified atom stereocenters. The quantitative estimate of drug-likeness (QED) is 0.796. The molecule has 4 heteroatoms. The predicted molar refractivity (Wildman–Crippen MR) is 66.0 cm³/mol. The first kappa shape index (κ1) is 13.3. The molecule has 0 amide bonds. The van der Waals surface area contributed by atoms with E-state index in [-0.39, 0.29) is 12.0 Å². The van der Waals surface area contributed by atoms with Crippen LogP contribution in [-0.4, -0.2) is 61.7 Å². The van der Waals surface area contributed by atoms with Crippen molar-refractivity contribution in [3.63, 3.8) is 0 Å². The summed E-state index contributed by atoms with van der Waals surface area (Å²) < 4.78 is 11.1. The number of piperidine rings is 1. The highest BCUT2D eigenvalue weighted by Crippen LogP contribution is 2.19. The summed E-state index contributed by atoms with van der Waals surface area (Å²) in [5.74, 6) is 0.282. The lowest BCUT2D eigenvalue weighted by atomic mass is 9.97. The molecule has 2 rings (SSSR count). The van der Waals surface area contributed by atoms with Crippen molar-refractivity contribution in [3.05, 3.63) is 0 Å². The molecule has 0 aromatic carbocycles. The lowest BCUT2D eigenvalue weighted by Crippen LogP contribution is -2.46. The Labute approximate surface area is 104 Å². The first-order chi connectivity index (χ1) is 8.29. The van der Waals surface area contributed by atoms with Crippen LogP contribution in [0.4, 0.5) is 0 Å². The van der Waals surface area contributed by atoms with Crippen LogP contribution in [0.5, 0.6) is 0 Å². The van der Waals surface area contributed by atoms with Crippen LogP contribution >= 0.6 is 0 Å². The largest absolute Gasteiger partial charge is 0.393 e. The van der Waals surface area contributed by atoms with Gasteiger partial charge in [0.2, 0.25) is 0 Å². The van der Waals surface area contributed by atoms with Crippen molar-refractivity contribution in [3.8, 4) is 0 Å². The molecule has 2 fully saturated rings. The average Bonchev–Trinajstić information content (AvgIpc) is 2.33. The van der Waals surface area contributed by atoms with Crippen LogP contribution in [-0.2, 0) is 9.47 Å². The van der Waals surface area contributed by atoms with Gasteiger partial charge in [-0.3, -0.25) is 0 Å². The summed E-state index contributed by atoms with van der Waals surface area (Å²) in [7, 11) is 0. The van der Waals surface area contributed by atoms with E-state index in [1.165, 1.54) is 12.8 Å². The average molecular weight is 243 g/mol. The molecule has 2 heterocycles. The molecule has 0 aromatic heterocycles. The van der Waals surface area contributed by atoms with Crippen LogP contribution in [0.25, 0.3) is 0 Å². The Morgan fingerprint density at radius 2 is 2.29 bits per heavy atom. The van der Waals surface area contributed by atoms with E-state index in [4.69, 9.17) is 9.47 Å². The van der Waals surface area contributed by atoms with Crippen molar-refractivity contribution in [2.45, 2.75) is 38.4 Å². The van der Waals surface area contributed by atoms with Crippen LogP contribution in [0.1, 0.15) is 26.2 Å². The van der Waals surface area contributed by atoms with Gasteiger partial charge in [-0.15, -0.1) is 0 Å². The molecular weight excluding hydrogens is 218 g/mol. The molecule has 3 atom stereocenters. The van der Waals surface area contributed by atoms with Gasteiger partial charge < -0.3 is 19.5 Å². The Kier molecular flexibility index (Phi) is 5.22. The summed E-state index contributed by atoms with van der Waals surface area (Å²) in [5, 5.41) is 9.93. The maximum atomic E-state index is 9.93. The van der Waals surface area contributed by atoms with Crippen molar-refractivity contribution in [2.24, 2.45) is 5.92 Å². The van der Waals surface area contributed by atoms with Gasteiger partial charge in [0.05, 0.1) is 18.8 Å². The van der Waals surface area contributed by atoms with Crippen molar-refractivity contribution in [1.29, 1.82) is 0 Å². The third-order valence-electron chi connectivity index (χ3n) is 3.79. The number of rotatable bonds is 4. The summed E-state index contributed by atoms with van der Waals surface area (Å²) in [6.07, 6.45) is 3.36. The Balaban J connectivity index is 1.77. The Morgan fingerprint density at radius 1 is 1.41 bits per heavy atom. The highest BCUT2D eigenvalue weighted by Gasteiger charge is 2.28. The fourth-order valence-corrected chi connectivity index (χ4v) is 2.84. The second-order valence-corrected chi connectivity index (χ2v) is 5.17. The lowest BCUT2D eigenvalue weighted by Gasteiger charge is -2.37. The van der Waals surface area contributed by atoms with Gasteiger partial charge in [0.1, 0.15) is 0 Å². The minimum atomic E-state index is -0.184. The first-order valence-corrected chi connectivity index (χ1v) is 6.89. The van der Waals surface area contributed by atoms with Crippen molar-refractivity contribution in [1.82, 2.24) is 4.90 Å². The minimum Gasteiger partial charge on any atom is -0.393 e. The van der Waals surface area contributed by atoms with E-state index in [0.717, 1.165) is 32.7 Å². The summed E-state index contributed by atoms with van der Waals surface area (Å²) in [6.45, 7) is 7.36. The lowest BCUT2D eigenvalue weighted by molar-refractivity contribution is -0.0590. The highest BCUT2D eigenvalue weighted by atomic mass is 16.5. The zero-order valence-corrected chi connectivity index (χ0v) is 10.8. The standard InChI is InChI=1S/C13H25NO3/c1-2-17-12-4-3-6-14(9-12)8-11-10-16-7-5-13(11)15/h11-13,15H,2-10H2,1H3. The summed E-state index contributed by atoms with van der Waals surface area (Å²) in [5.41, 5.74) is 0. The molecule has 0 radical (unpaired) electrons. The summed E-state index contributed by atoms with van der Waals surface area (Å²) in [4.78, 5) is 2.42. The second kappa shape index (κ2) is 6.69. The normalized spacial score (nSPS) is 36.0. The SMILES string of the molecule is CCOC1CCCN(CC2COCCC2O)C1. The summed E-state index contributed by atoms with van der Waals surface area (Å²) >= 11 is 0. The molecule has 2 aliphatic rings. The predicted octanol–water partition coefficient (Wildman–Crippen LogP) is 0.885. The second-order valence-electron chi connectivity index (χ2n) is 5.17. The number of aliphatic hydroxyl groups is 1. The third-order valence-corrected chi connectivity index (χ3v) is 3.79. The molecular formula is C13H25NO3. The zero-order valence-electron chi connectivity index (χ0n) is 10.8. The fraction of sp³-hybridized carbons (Fsp3) is 1.00. The number of hydrogen-bond acceptors (Lipinski definition) is 4. The van der Waals surface area contributed by atoms with Crippen LogP contribution in [0.15, 0.2) is 0 Å². The topological polar surface area (TPSA) is 41.9 Å². The maximum absolute atomic E-state index is 9.93. The number of ether oxygens (including phenoxy) is 2. The Bertz CT molecular complexity index is 223. The van der Waals surface area contributed by atoms with Crippen molar-refractivity contribution in [2.75, 3.05) is 39.5 Å². The van der Waals surface area contributed by atoms with E-state index in [2.05, 4.69) is 11.8 Å². The van der Waals surface area contributed by atoms with Gasteiger partial charge in [-0.1, -0.05) is 0 Å². The van der Waals surface area contributed by atoms with Gasteiger partial charge in [-0.05, 0) is 32.7 Å². The highest BCUT2D eigenvalue weighted by molar-refractivity contribution is 4.80. The van der Waals surface area contributed by atoms with E-state index in [1.54, 1.807) is 0 Å². The van der Waals surface area contributed by atoms with Crippen LogP contribution < -0.4 is 0 Å². The molecule has 0 aliphatic carbocycles. The minimum absolute atomic E-state index is 0.184. The first-order valence-electron chi connectivity index (χ1n) is 6.89. The summed E-state index contributed by atoms with van der Waals surface area (Å²) in [6, 6.07) is 0. The fourth-order valence-electron chi connectivity index (χ4n) is 2.84. The van der Waals surface area contributed by atoms with Gasteiger partial charge in [0, 0.05) is 32.2 Å². The maximum Gasteiger partial charge on any atom is 0.0702 e. The van der Waals surface area contributed by atoms with E-state index in [0.29, 0.717) is 19.3 Å². The van der Waals surface area contributed by atoms with E-state index in [1.807, 2.05) is 0 Å². The Morgan fingerprint density at radius 3 is 3.06 bits per heavy atom. The van der Waals surface area contributed by atoms with Gasteiger partial charge in [-0.2, -0.15) is 0 Å². The number of likely N-dealkylation sites (tertiary alicyclic amines) is 1. The Hall–Kier alpha value is -0.160. The zero-order chi connectivity index (χ0) is 12.1. The molecule has 100 valence electrons. The van der Waals surface area contributed by atoms with Crippen LogP contribution in [0.2, 0.25) is 0 Å². The van der Waals surface area contributed by atoms with Crippen molar-refractivity contribution >= 4 is 0 Å². The van der Waals surface area contributed by atoms with Gasteiger partial charge in [-0.25, -0.2) is 0 Å². The van der Waals surface area contributed by atoms with Gasteiger partial charge in [0.25, 0.3) is 0 Å². The molecule has 0 bridgehead atoms. The van der Waals surface area contributed by atoms with Gasteiger partial charge in [0.15, 0.2) is 0 Å². The molecule has 0 spiro atoms. The molecule has 2 saturated heterocycles. The van der Waals surface area contributed by atoms with E-state index >= 15 is 0 Å². The van der Waals surface area contributed by atoms with E-state index in [9.17, 15) is 5.11 Å².